The van der Waals surface area contributed by atoms with Gasteiger partial charge in [-0.25, -0.2) is 4.39 Å². The molecule has 1 atom stereocenters. The van der Waals surface area contributed by atoms with Gasteiger partial charge in [-0.3, -0.25) is 0 Å². The lowest BCUT2D eigenvalue weighted by atomic mass is 10.1. The third-order valence-electron chi connectivity index (χ3n) is 3.47. The standard InChI is InChI=1S/C17H29FN2O/c1-14(2)13-20(12-11-19(3)4)10-9-17(21)15-7-5-6-8-16(15)18/h5-8,14,17,21H,9-13H2,1-4H3. The molecule has 0 heterocycles. The third kappa shape index (κ3) is 7.02. The molecule has 1 N–H and O–H groups in total. The van der Waals surface area contributed by atoms with Gasteiger partial charge in [0.1, 0.15) is 5.82 Å². The Kier molecular flexibility index (Phi) is 7.86. The van der Waals surface area contributed by atoms with E-state index in [0.717, 1.165) is 26.2 Å². The molecule has 1 aromatic carbocycles. The zero-order chi connectivity index (χ0) is 15.8. The highest BCUT2D eigenvalue weighted by molar-refractivity contribution is 5.19. The Hall–Kier alpha value is -0.970. The highest BCUT2D eigenvalue weighted by Gasteiger charge is 2.15. The molecule has 0 spiro atoms. The first-order valence-corrected chi connectivity index (χ1v) is 7.69. The lowest BCUT2D eigenvalue weighted by Gasteiger charge is -2.26. The van der Waals surface area contributed by atoms with Crippen molar-refractivity contribution in [3.63, 3.8) is 0 Å². The van der Waals surface area contributed by atoms with Crippen molar-refractivity contribution in [3.8, 4) is 0 Å². The summed E-state index contributed by atoms with van der Waals surface area (Å²) >= 11 is 0. The minimum Gasteiger partial charge on any atom is -0.388 e. The molecule has 0 saturated heterocycles. The van der Waals surface area contributed by atoms with E-state index in [9.17, 15) is 9.50 Å². The molecule has 4 heteroatoms. The second kappa shape index (κ2) is 9.13. The molecule has 3 nitrogen and oxygen atoms in total. The summed E-state index contributed by atoms with van der Waals surface area (Å²) < 4.78 is 13.6. The van der Waals surface area contributed by atoms with E-state index in [4.69, 9.17) is 0 Å². The average Bonchev–Trinajstić information content (AvgIpc) is 2.41. The van der Waals surface area contributed by atoms with Gasteiger partial charge in [-0.1, -0.05) is 32.0 Å². The van der Waals surface area contributed by atoms with Gasteiger partial charge in [0.05, 0.1) is 6.10 Å². The van der Waals surface area contributed by atoms with Crippen LogP contribution in [0.15, 0.2) is 24.3 Å². The molecular formula is C17H29FN2O. The van der Waals surface area contributed by atoms with Crippen LogP contribution < -0.4 is 0 Å². The van der Waals surface area contributed by atoms with Crippen LogP contribution in [-0.2, 0) is 0 Å². The summed E-state index contributed by atoms with van der Waals surface area (Å²) in [6, 6.07) is 6.47. The van der Waals surface area contributed by atoms with Gasteiger partial charge in [-0.15, -0.1) is 0 Å². The first-order valence-electron chi connectivity index (χ1n) is 7.69. The molecule has 120 valence electrons. The molecule has 0 saturated carbocycles. The Labute approximate surface area is 128 Å². The van der Waals surface area contributed by atoms with Crippen molar-refractivity contribution in [2.24, 2.45) is 5.92 Å². The zero-order valence-corrected chi connectivity index (χ0v) is 13.7. The van der Waals surface area contributed by atoms with Gasteiger partial charge in [-0.05, 0) is 32.5 Å². The summed E-state index contributed by atoms with van der Waals surface area (Å²) in [5, 5.41) is 10.2. The van der Waals surface area contributed by atoms with Gasteiger partial charge < -0.3 is 14.9 Å². The Morgan fingerprint density at radius 2 is 1.76 bits per heavy atom. The van der Waals surface area contributed by atoms with Gasteiger partial charge in [0.15, 0.2) is 0 Å². The molecule has 1 unspecified atom stereocenters. The van der Waals surface area contributed by atoms with E-state index >= 15 is 0 Å². The number of aliphatic hydroxyl groups is 1. The minimum atomic E-state index is -0.736. The predicted octanol–water partition coefficient (Wildman–Crippen LogP) is 2.77. The van der Waals surface area contributed by atoms with Crippen LogP contribution in [0.2, 0.25) is 0 Å². The molecule has 21 heavy (non-hydrogen) atoms. The van der Waals surface area contributed by atoms with E-state index in [1.54, 1.807) is 18.2 Å². The van der Waals surface area contributed by atoms with E-state index in [1.165, 1.54) is 6.07 Å². The second-order valence-corrected chi connectivity index (χ2v) is 6.32. The zero-order valence-electron chi connectivity index (χ0n) is 13.7. The molecule has 0 fully saturated rings. The Morgan fingerprint density at radius 3 is 2.33 bits per heavy atom. The van der Waals surface area contributed by atoms with Crippen molar-refractivity contribution in [1.82, 2.24) is 9.80 Å². The SMILES string of the molecule is CC(C)CN(CCC(O)c1ccccc1F)CCN(C)C. The van der Waals surface area contributed by atoms with E-state index < -0.39 is 6.10 Å². The van der Waals surface area contributed by atoms with Crippen LogP contribution in [0.5, 0.6) is 0 Å². The molecule has 0 aliphatic carbocycles. The number of likely N-dealkylation sites (N-methyl/N-ethyl adjacent to an activating group) is 1. The van der Waals surface area contributed by atoms with E-state index in [0.29, 0.717) is 17.9 Å². The Bertz CT molecular complexity index is 410. The number of benzene rings is 1. The van der Waals surface area contributed by atoms with Gasteiger partial charge in [-0.2, -0.15) is 0 Å². The van der Waals surface area contributed by atoms with E-state index in [1.807, 2.05) is 0 Å². The fourth-order valence-electron chi connectivity index (χ4n) is 2.36. The molecule has 0 aliphatic heterocycles. The summed E-state index contributed by atoms with van der Waals surface area (Å²) in [6.07, 6.45) is -0.179. The van der Waals surface area contributed by atoms with Gasteiger partial charge >= 0.3 is 0 Å². The Balaban J connectivity index is 2.53. The van der Waals surface area contributed by atoms with Crippen molar-refractivity contribution in [2.75, 3.05) is 40.3 Å². The van der Waals surface area contributed by atoms with Crippen molar-refractivity contribution >= 4 is 0 Å². The quantitative estimate of drug-likeness (QED) is 0.759. The third-order valence-corrected chi connectivity index (χ3v) is 3.47. The molecule has 0 amide bonds. The largest absolute Gasteiger partial charge is 0.388 e. The average molecular weight is 296 g/mol. The molecule has 0 bridgehead atoms. The Morgan fingerprint density at radius 1 is 1.10 bits per heavy atom. The van der Waals surface area contributed by atoms with Crippen molar-refractivity contribution < 1.29 is 9.50 Å². The topological polar surface area (TPSA) is 26.7 Å². The summed E-state index contributed by atoms with van der Waals surface area (Å²) in [6.45, 7) is 8.11. The normalized spacial score (nSPS) is 13.4. The van der Waals surface area contributed by atoms with Crippen molar-refractivity contribution in [3.05, 3.63) is 35.6 Å². The maximum atomic E-state index is 13.6. The summed E-state index contributed by atoms with van der Waals surface area (Å²) in [4.78, 5) is 4.50. The number of halogens is 1. The molecule has 0 radical (unpaired) electrons. The monoisotopic (exact) mass is 296 g/mol. The molecular weight excluding hydrogens is 267 g/mol. The van der Waals surface area contributed by atoms with E-state index in [-0.39, 0.29) is 5.82 Å². The minimum absolute atomic E-state index is 0.325. The van der Waals surface area contributed by atoms with Crippen LogP contribution >= 0.6 is 0 Å². The van der Waals surface area contributed by atoms with Gasteiger partial charge in [0, 0.05) is 31.7 Å². The smallest absolute Gasteiger partial charge is 0.128 e. The second-order valence-electron chi connectivity index (χ2n) is 6.32. The van der Waals surface area contributed by atoms with Gasteiger partial charge in [0.25, 0.3) is 0 Å². The predicted molar refractivity (Wildman–Crippen MR) is 85.8 cm³/mol. The van der Waals surface area contributed by atoms with Crippen LogP contribution in [0.3, 0.4) is 0 Å². The van der Waals surface area contributed by atoms with Crippen LogP contribution in [0.1, 0.15) is 31.9 Å². The number of hydrogen-bond acceptors (Lipinski definition) is 3. The van der Waals surface area contributed by atoms with Gasteiger partial charge in [0.2, 0.25) is 0 Å². The lowest BCUT2D eigenvalue weighted by molar-refractivity contribution is 0.130. The number of hydrogen-bond donors (Lipinski definition) is 1. The van der Waals surface area contributed by atoms with E-state index in [2.05, 4.69) is 37.7 Å². The number of rotatable bonds is 9. The van der Waals surface area contributed by atoms with Crippen molar-refractivity contribution in [2.45, 2.75) is 26.4 Å². The summed E-state index contributed by atoms with van der Waals surface area (Å²) in [7, 11) is 4.11. The maximum absolute atomic E-state index is 13.6. The highest BCUT2D eigenvalue weighted by atomic mass is 19.1. The van der Waals surface area contributed by atoms with Crippen LogP contribution in [-0.4, -0.2) is 55.2 Å². The summed E-state index contributed by atoms with van der Waals surface area (Å²) in [5.41, 5.74) is 0.398. The molecule has 1 aromatic rings. The summed E-state index contributed by atoms with van der Waals surface area (Å²) in [5.74, 6) is 0.256. The van der Waals surface area contributed by atoms with Crippen LogP contribution in [0.25, 0.3) is 0 Å². The van der Waals surface area contributed by atoms with Crippen LogP contribution in [0, 0.1) is 11.7 Å². The molecule has 0 aromatic heterocycles. The lowest BCUT2D eigenvalue weighted by Crippen LogP contribution is -2.35. The maximum Gasteiger partial charge on any atom is 0.128 e. The fourth-order valence-corrected chi connectivity index (χ4v) is 2.36. The number of aliphatic hydroxyl groups excluding tert-OH is 1. The highest BCUT2D eigenvalue weighted by Crippen LogP contribution is 2.20. The number of nitrogens with zero attached hydrogens (tertiary/aromatic N) is 2. The van der Waals surface area contributed by atoms with Crippen molar-refractivity contribution in [1.29, 1.82) is 0 Å². The van der Waals surface area contributed by atoms with Crippen LogP contribution in [0.4, 0.5) is 4.39 Å². The first kappa shape index (κ1) is 18.1. The molecule has 1 rings (SSSR count). The first-order chi connectivity index (χ1) is 9.90. The molecule has 0 aliphatic rings. The fraction of sp³-hybridized carbons (Fsp3) is 0.647.